The van der Waals surface area contributed by atoms with Crippen LogP contribution in [0.5, 0.6) is 0 Å². The minimum Gasteiger partial charge on any atom is -0.379 e. The third-order valence-corrected chi connectivity index (χ3v) is 3.29. The largest absolute Gasteiger partial charge is 0.379 e. The Labute approximate surface area is 104 Å². The molecule has 1 amide bonds. The molecule has 5 heteroatoms. The maximum atomic E-state index is 11.9. The SMILES string of the molecule is NCC#Cc1cc(C(=O)NC2CCOC2)cs1. The van der Waals surface area contributed by atoms with Crippen molar-refractivity contribution in [2.24, 2.45) is 5.73 Å². The summed E-state index contributed by atoms with van der Waals surface area (Å²) in [6, 6.07) is 1.93. The van der Waals surface area contributed by atoms with E-state index in [0.29, 0.717) is 18.7 Å². The van der Waals surface area contributed by atoms with Gasteiger partial charge in [-0.1, -0.05) is 11.8 Å². The van der Waals surface area contributed by atoms with Crippen LogP contribution in [0.4, 0.5) is 0 Å². The van der Waals surface area contributed by atoms with E-state index in [1.807, 2.05) is 5.38 Å². The molecule has 0 saturated carbocycles. The Hall–Kier alpha value is -1.35. The first-order valence-corrected chi connectivity index (χ1v) is 6.33. The number of ether oxygens (including phenoxy) is 1. The fraction of sp³-hybridized carbons (Fsp3) is 0.417. The van der Waals surface area contributed by atoms with Crippen LogP contribution in [-0.4, -0.2) is 31.7 Å². The molecule has 2 rings (SSSR count). The van der Waals surface area contributed by atoms with E-state index in [1.165, 1.54) is 11.3 Å². The fourth-order valence-corrected chi connectivity index (χ4v) is 2.33. The van der Waals surface area contributed by atoms with Crippen molar-refractivity contribution >= 4 is 17.2 Å². The normalized spacial score (nSPS) is 18.5. The van der Waals surface area contributed by atoms with Gasteiger partial charge in [0.1, 0.15) is 0 Å². The molecule has 0 radical (unpaired) electrons. The lowest BCUT2D eigenvalue weighted by molar-refractivity contribution is 0.0930. The van der Waals surface area contributed by atoms with Crippen LogP contribution in [0.2, 0.25) is 0 Å². The monoisotopic (exact) mass is 250 g/mol. The van der Waals surface area contributed by atoms with Crippen molar-refractivity contribution in [1.82, 2.24) is 5.32 Å². The second-order valence-corrected chi connectivity index (χ2v) is 4.65. The zero-order valence-corrected chi connectivity index (χ0v) is 10.2. The smallest absolute Gasteiger partial charge is 0.252 e. The minimum atomic E-state index is -0.0578. The lowest BCUT2D eigenvalue weighted by Gasteiger charge is -2.08. The number of nitrogens with one attached hydrogen (secondary N) is 1. The number of carbonyl (C=O) groups is 1. The van der Waals surface area contributed by atoms with Crippen LogP contribution in [0.15, 0.2) is 11.4 Å². The molecule has 0 spiro atoms. The van der Waals surface area contributed by atoms with Gasteiger partial charge < -0.3 is 15.8 Å². The molecule has 1 unspecified atom stereocenters. The summed E-state index contributed by atoms with van der Waals surface area (Å²) in [4.78, 5) is 12.7. The molecule has 90 valence electrons. The summed E-state index contributed by atoms with van der Waals surface area (Å²) in [7, 11) is 0. The molecular formula is C12H14N2O2S. The van der Waals surface area contributed by atoms with Crippen LogP contribution in [0.3, 0.4) is 0 Å². The van der Waals surface area contributed by atoms with Crippen molar-refractivity contribution in [1.29, 1.82) is 0 Å². The summed E-state index contributed by atoms with van der Waals surface area (Å²) < 4.78 is 5.20. The Morgan fingerprint density at radius 2 is 2.59 bits per heavy atom. The van der Waals surface area contributed by atoms with Crippen molar-refractivity contribution < 1.29 is 9.53 Å². The van der Waals surface area contributed by atoms with Gasteiger partial charge in [0.2, 0.25) is 0 Å². The quantitative estimate of drug-likeness (QED) is 0.755. The average molecular weight is 250 g/mol. The lowest BCUT2D eigenvalue weighted by Crippen LogP contribution is -2.34. The number of nitrogens with two attached hydrogens (primary N) is 1. The molecule has 1 fully saturated rings. The Bertz CT molecular complexity index is 453. The first-order valence-electron chi connectivity index (χ1n) is 5.45. The van der Waals surface area contributed by atoms with Crippen molar-refractivity contribution in [3.63, 3.8) is 0 Å². The van der Waals surface area contributed by atoms with Crippen LogP contribution in [0.1, 0.15) is 21.7 Å². The summed E-state index contributed by atoms with van der Waals surface area (Å²) in [6.07, 6.45) is 0.885. The van der Waals surface area contributed by atoms with Gasteiger partial charge in [-0.2, -0.15) is 0 Å². The summed E-state index contributed by atoms with van der Waals surface area (Å²) in [5.41, 5.74) is 5.95. The highest BCUT2D eigenvalue weighted by Gasteiger charge is 2.18. The number of hydrogen-bond donors (Lipinski definition) is 2. The molecule has 0 aromatic carbocycles. The van der Waals surface area contributed by atoms with E-state index in [4.69, 9.17) is 10.5 Å². The molecule has 3 N–H and O–H groups in total. The van der Waals surface area contributed by atoms with Gasteiger partial charge in [-0.15, -0.1) is 11.3 Å². The van der Waals surface area contributed by atoms with Crippen molar-refractivity contribution in [2.75, 3.05) is 19.8 Å². The van der Waals surface area contributed by atoms with Crippen LogP contribution in [0.25, 0.3) is 0 Å². The molecule has 1 aliphatic rings. The Kier molecular flexibility index (Phi) is 4.15. The van der Waals surface area contributed by atoms with Gasteiger partial charge in [-0.25, -0.2) is 0 Å². The second kappa shape index (κ2) is 5.82. The predicted molar refractivity (Wildman–Crippen MR) is 66.9 cm³/mol. The van der Waals surface area contributed by atoms with E-state index in [1.54, 1.807) is 6.07 Å². The molecular weight excluding hydrogens is 236 g/mol. The molecule has 1 saturated heterocycles. The molecule has 0 aliphatic carbocycles. The Morgan fingerprint density at radius 1 is 1.71 bits per heavy atom. The molecule has 17 heavy (non-hydrogen) atoms. The van der Waals surface area contributed by atoms with E-state index in [0.717, 1.165) is 17.9 Å². The van der Waals surface area contributed by atoms with E-state index in [-0.39, 0.29) is 11.9 Å². The van der Waals surface area contributed by atoms with Gasteiger partial charge in [0.05, 0.1) is 29.6 Å². The second-order valence-electron chi connectivity index (χ2n) is 3.74. The lowest BCUT2D eigenvalue weighted by atomic mass is 10.2. The van der Waals surface area contributed by atoms with Crippen LogP contribution < -0.4 is 11.1 Å². The first-order chi connectivity index (χ1) is 8.29. The van der Waals surface area contributed by atoms with Gasteiger partial charge in [0, 0.05) is 12.0 Å². The maximum absolute atomic E-state index is 11.9. The van der Waals surface area contributed by atoms with Crippen LogP contribution in [-0.2, 0) is 4.74 Å². The molecule has 1 atom stereocenters. The molecule has 0 bridgehead atoms. The van der Waals surface area contributed by atoms with Gasteiger partial charge in [-0.3, -0.25) is 4.79 Å². The maximum Gasteiger partial charge on any atom is 0.252 e. The fourth-order valence-electron chi connectivity index (χ4n) is 1.58. The van der Waals surface area contributed by atoms with Gasteiger partial charge in [0.15, 0.2) is 0 Å². The van der Waals surface area contributed by atoms with E-state index >= 15 is 0 Å². The molecule has 2 heterocycles. The minimum absolute atomic E-state index is 0.0578. The topological polar surface area (TPSA) is 64.4 Å². The summed E-state index contributed by atoms with van der Waals surface area (Å²) >= 11 is 1.45. The van der Waals surface area contributed by atoms with Crippen molar-refractivity contribution in [3.05, 3.63) is 21.9 Å². The number of carbonyl (C=O) groups excluding carboxylic acids is 1. The highest BCUT2D eigenvalue weighted by molar-refractivity contribution is 7.10. The summed E-state index contributed by atoms with van der Waals surface area (Å²) in [6.45, 7) is 1.66. The predicted octanol–water partition coefficient (Wildman–Crippen LogP) is 0.577. The molecule has 1 aromatic heterocycles. The molecule has 4 nitrogen and oxygen atoms in total. The highest BCUT2D eigenvalue weighted by atomic mass is 32.1. The number of thiophene rings is 1. The zero-order chi connectivity index (χ0) is 12.1. The third-order valence-electron chi connectivity index (χ3n) is 2.44. The summed E-state index contributed by atoms with van der Waals surface area (Å²) in [5, 5.41) is 4.75. The number of hydrogen-bond acceptors (Lipinski definition) is 4. The van der Waals surface area contributed by atoms with Crippen LogP contribution in [0, 0.1) is 11.8 Å². The van der Waals surface area contributed by atoms with Gasteiger partial charge in [0.25, 0.3) is 5.91 Å². The van der Waals surface area contributed by atoms with Crippen molar-refractivity contribution in [3.8, 4) is 11.8 Å². The van der Waals surface area contributed by atoms with E-state index in [9.17, 15) is 4.79 Å². The Balaban J connectivity index is 1.96. The number of rotatable bonds is 2. The van der Waals surface area contributed by atoms with Crippen molar-refractivity contribution in [2.45, 2.75) is 12.5 Å². The highest BCUT2D eigenvalue weighted by Crippen LogP contribution is 2.14. The molecule has 1 aliphatic heterocycles. The Morgan fingerprint density at radius 3 is 3.29 bits per heavy atom. The average Bonchev–Trinajstić information content (AvgIpc) is 2.96. The van der Waals surface area contributed by atoms with Gasteiger partial charge in [-0.05, 0) is 12.5 Å². The zero-order valence-electron chi connectivity index (χ0n) is 9.36. The number of amides is 1. The molecule has 1 aromatic rings. The first kappa shape index (κ1) is 12.1. The standard InChI is InChI=1S/C12H14N2O2S/c13-4-1-2-11-6-9(8-17-11)12(15)14-10-3-5-16-7-10/h6,8,10H,3-5,7,13H2,(H,14,15). The van der Waals surface area contributed by atoms with Crippen LogP contribution >= 0.6 is 11.3 Å². The van der Waals surface area contributed by atoms with E-state index < -0.39 is 0 Å². The van der Waals surface area contributed by atoms with Gasteiger partial charge >= 0.3 is 0 Å². The summed E-state index contributed by atoms with van der Waals surface area (Å²) in [5.74, 6) is 5.62. The van der Waals surface area contributed by atoms with E-state index in [2.05, 4.69) is 17.2 Å². The third kappa shape index (κ3) is 3.30.